The lowest BCUT2D eigenvalue weighted by Crippen LogP contribution is -2.41. The zero-order valence-corrected chi connectivity index (χ0v) is 20.0. The van der Waals surface area contributed by atoms with Crippen LogP contribution >= 0.6 is 0 Å². The normalized spacial score (nSPS) is 19.0. The van der Waals surface area contributed by atoms with E-state index in [4.69, 9.17) is 23.7 Å². The maximum absolute atomic E-state index is 11.9. The number of nitrogens with one attached hydrogen (secondary N) is 1. The Morgan fingerprint density at radius 2 is 1.41 bits per heavy atom. The molecule has 0 aromatic heterocycles. The van der Waals surface area contributed by atoms with E-state index in [2.05, 4.69) is 5.32 Å². The quantitative estimate of drug-likeness (QED) is 0.424. The van der Waals surface area contributed by atoms with Gasteiger partial charge in [0.25, 0.3) is 0 Å². The van der Waals surface area contributed by atoms with Gasteiger partial charge in [-0.25, -0.2) is 4.79 Å². The van der Waals surface area contributed by atoms with Crippen LogP contribution in [0.15, 0.2) is 30.3 Å². The fourth-order valence-corrected chi connectivity index (χ4v) is 3.52. The van der Waals surface area contributed by atoms with Crippen LogP contribution in [0.4, 0.5) is 4.79 Å². The van der Waals surface area contributed by atoms with Gasteiger partial charge in [0.2, 0.25) is 0 Å². The average Bonchev–Trinajstić information content (AvgIpc) is 2.75. The summed E-state index contributed by atoms with van der Waals surface area (Å²) in [5.74, 6) is 0.547. The molecule has 0 spiro atoms. The van der Waals surface area contributed by atoms with Crippen molar-refractivity contribution in [3.63, 3.8) is 0 Å². The van der Waals surface area contributed by atoms with E-state index in [1.807, 2.05) is 51.1 Å². The van der Waals surface area contributed by atoms with Crippen LogP contribution in [0.5, 0.6) is 0 Å². The van der Waals surface area contributed by atoms with Gasteiger partial charge in [-0.2, -0.15) is 0 Å². The smallest absolute Gasteiger partial charge is 0.407 e. The van der Waals surface area contributed by atoms with Crippen LogP contribution in [0.1, 0.15) is 52.0 Å². The van der Waals surface area contributed by atoms with Crippen LogP contribution in [-0.2, 0) is 30.3 Å². The molecule has 0 unspecified atom stereocenters. The molecule has 0 radical (unpaired) electrons. The molecule has 0 saturated heterocycles. The standard InChI is InChI=1S/C25H41NO6/c1-25(2,3)32-24(27)26-23-11-9-22(10-12-23)20-31-18-16-29-14-13-28-15-17-30-19-21-7-5-4-6-8-21/h4-8,22-23H,9-20H2,1-3H3,(H,26,27)/t22-,23-. The largest absolute Gasteiger partial charge is 0.444 e. The minimum atomic E-state index is -0.458. The van der Waals surface area contributed by atoms with Crippen LogP contribution in [0, 0.1) is 5.92 Å². The number of carbonyl (C=O) groups excluding carboxylic acids is 1. The number of carbonyl (C=O) groups is 1. The fourth-order valence-electron chi connectivity index (χ4n) is 3.52. The van der Waals surface area contributed by atoms with Crippen LogP contribution in [0.25, 0.3) is 0 Å². The molecule has 2 rings (SSSR count). The number of hydrogen-bond donors (Lipinski definition) is 1. The van der Waals surface area contributed by atoms with Crippen LogP contribution in [0.3, 0.4) is 0 Å². The molecule has 1 N–H and O–H groups in total. The molecule has 0 heterocycles. The number of benzene rings is 1. The van der Waals surface area contributed by atoms with Gasteiger partial charge in [-0.1, -0.05) is 30.3 Å². The van der Waals surface area contributed by atoms with E-state index in [0.29, 0.717) is 52.2 Å². The topological polar surface area (TPSA) is 75.3 Å². The highest BCUT2D eigenvalue weighted by Crippen LogP contribution is 2.24. The Bertz CT molecular complexity index is 611. The second kappa shape index (κ2) is 15.2. The minimum absolute atomic E-state index is 0.202. The van der Waals surface area contributed by atoms with Gasteiger partial charge in [0, 0.05) is 12.6 Å². The maximum Gasteiger partial charge on any atom is 0.407 e. The van der Waals surface area contributed by atoms with E-state index in [1.165, 1.54) is 5.56 Å². The second-order valence-corrected chi connectivity index (χ2v) is 9.20. The molecular weight excluding hydrogens is 410 g/mol. The number of rotatable bonds is 14. The van der Waals surface area contributed by atoms with E-state index in [0.717, 1.165) is 32.3 Å². The third kappa shape index (κ3) is 13.0. The summed E-state index contributed by atoms with van der Waals surface area (Å²) in [6.07, 6.45) is 3.73. The summed E-state index contributed by atoms with van der Waals surface area (Å²) >= 11 is 0. The first-order chi connectivity index (χ1) is 15.4. The van der Waals surface area contributed by atoms with E-state index in [-0.39, 0.29) is 12.1 Å². The summed E-state index contributed by atoms with van der Waals surface area (Å²) in [5, 5.41) is 2.97. The molecule has 1 aromatic rings. The maximum atomic E-state index is 11.9. The number of alkyl carbamates (subject to hydrolysis) is 1. The number of amides is 1. The summed E-state index contributed by atoms with van der Waals surface area (Å²) in [6, 6.07) is 10.3. The minimum Gasteiger partial charge on any atom is -0.444 e. The third-order valence-electron chi connectivity index (χ3n) is 5.15. The van der Waals surface area contributed by atoms with Gasteiger partial charge in [-0.3, -0.25) is 0 Å². The highest BCUT2D eigenvalue weighted by molar-refractivity contribution is 5.68. The predicted octanol–water partition coefficient (Wildman–Crippen LogP) is 4.34. The molecule has 1 aliphatic carbocycles. The van der Waals surface area contributed by atoms with Gasteiger partial charge in [-0.05, 0) is 57.9 Å². The van der Waals surface area contributed by atoms with Gasteiger partial charge in [-0.15, -0.1) is 0 Å². The van der Waals surface area contributed by atoms with E-state index in [1.54, 1.807) is 0 Å². The van der Waals surface area contributed by atoms with E-state index in [9.17, 15) is 4.79 Å². The molecule has 7 nitrogen and oxygen atoms in total. The Labute approximate surface area is 193 Å². The molecule has 7 heteroatoms. The monoisotopic (exact) mass is 451 g/mol. The van der Waals surface area contributed by atoms with Crippen molar-refractivity contribution < 1.29 is 28.5 Å². The van der Waals surface area contributed by atoms with Gasteiger partial charge in [0.1, 0.15) is 5.60 Å². The SMILES string of the molecule is CC(C)(C)OC(=O)N[C@H]1CC[C@H](COCCOCCOCCOCc2ccccc2)CC1. The first-order valence-electron chi connectivity index (χ1n) is 11.8. The average molecular weight is 452 g/mol. The second-order valence-electron chi connectivity index (χ2n) is 9.20. The molecule has 1 aromatic carbocycles. The van der Waals surface area contributed by atoms with E-state index < -0.39 is 5.60 Å². The van der Waals surface area contributed by atoms with Crippen molar-refractivity contribution in [2.45, 2.75) is 64.7 Å². The van der Waals surface area contributed by atoms with Gasteiger partial charge in [0.05, 0.1) is 46.2 Å². The lowest BCUT2D eigenvalue weighted by atomic mass is 9.86. The van der Waals surface area contributed by atoms with Gasteiger partial charge < -0.3 is 29.0 Å². The molecule has 1 saturated carbocycles. The molecule has 1 aliphatic rings. The zero-order chi connectivity index (χ0) is 23.1. The van der Waals surface area contributed by atoms with Gasteiger partial charge in [0.15, 0.2) is 0 Å². The molecule has 0 aliphatic heterocycles. The summed E-state index contributed by atoms with van der Waals surface area (Å²) in [6.45, 7) is 10.4. The Kier molecular flexibility index (Phi) is 12.6. The highest BCUT2D eigenvalue weighted by atomic mass is 16.6. The summed E-state index contributed by atoms with van der Waals surface area (Å²) in [7, 11) is 0. The van der Waals surface area contributed by atoms with Crippen molar-refractivity contribution in [3.8, 4) is 0 Å². The lowest BCUT2D eigenvalue weighted by Gasteiger charge is -2.30. The highest BCUT2D eigenvalue weighted by Gasteiger charge is 2.24. The predicted molar refractivity (Wildman–Crippen MR) is 124 cm³/mol. The molecule has 0 bridgehead atoms. The van der Waals surface area contributed by atoms with Gasteiger partial charge >= 0.3 is 6.09 Å². The third-order valence-corrected chi connectivity index (χ3v) is 5.15. The van der Waals surface area contributed by atoms with Crippen molar-refractivity contribution in [2.75, 3.05) is 46.2 Å². The van der Waals surface area contributed by atoms with Crippen molar-refractivity contribution >= 4 is 6.09 Å². The van der Waals surface area contributed by atoms with Crippen LogP contribution in [-0.4, -0.2) is 64.0 Å². The lowest BCUT2D eigenvalue weighted by molar-refractivity contribution is -0.00986. The van der Waals surface area contributed by atoms with E-state index >= 15 is 0 Å². The molecule has 0 atom stereocenters. The Morgan fingerprint density at radius 3 is 2.00 bits per heavy atom. The summed E-state index contributed by atoms with van der Waals surface area (Å²) in [5.41, 5.74) is 0.710. The zero-order valence-electron chi connectivity index (χ0n) is 20.0. The van der Waals surface area contributed by atoms with Crippen LogP contribution in [0.2, 0.25) is 0 Å². The summed E-state index contributed by atoms with van der Waals surface area (Å²) < 4.78 is 27.7. The molecule has 1 fully saturated rings. The molecule has 182 valence electrons. The summed E-state index contributed by atoms with van der Waals surface area (Å²) in [4.78, 5) is 11.9. The van der Waals surface area contributed by atoms with Crippen molar-refractivity contribution in [1.82, 2.24) is 5.32 Å². The Hall–Kier alpha value is -1.67. The van der Waals surface area contributed by atoms with Crippen molar-refractivity contribution in [1.29, 1.82) is 0 Å². The number of ether oxygens (including phenoxy) is 5. The van der Waals surface area contributed by atoms with Crippen molar-refractivity contribution in [2.24, 2.45) is 5.92 Å². The fraction of sp³-hybridized carbons (Fsp3) is 0.720. The Balaban J connectivity index is 1.34. The first kappa shape index (κ1) is 26.6. The first-order valence-corrected chi connectivity index (χ1v) is 11.8. The molecule has 32 heavy (non-hydrogen) atoms. The Morgan fingerprint density at radius 1 is 0.844 bits per heavy atom. The van der Waals surface area contributed by atoms with Crippen molar-refractivity contribution in [3.05, 3.63) is 35.9 Å². The number of hydrogen-bond acceptors (Lipinski definition) is 6. The van der Waals surface area contributed by atoms with Crippen LogP contribution < -0.4 is 5.32 Å². The molecular formula is C25H41NO6. The molecule has 1 amide bonds.